The third kappa shape index (κ3) is 5.01. The van der Waals surface area contributed by atoms with Gasteiger partial charge in [-0.05, 0) is 60.6 Å². The van der Waals surface area contributed by atoms with Gasteiger partial charge in [0.05, 0.1) is 26.4 Å². The number of ether oxygens (including phenoxy) is 3. The maximum absolute atomic E-state index is 13.7. The first-order valence-corrected chi connectivity index (χ1v) is 12.1. The van der Waals surface area contributed by atoms with Gasteiger partial charge in [-0.1, -0.05) is 32.0 Å². The summed E-state index contributed by atoms with van der Waals surface area (Å²) < 4.78 is 30.1. The monoisotopic (exact) mass is 493 g/mol. The predicted molar refractivity (Wildman–Crippen MR) is 134 cm³/mol. The zero-order valence-corrected chi connectivity index (χ0v) is 21.3. The highest BCUT2D eigenvalue weighted by atomic mass is 19.1. The van der Waals surface area contributed by atoms with Crippen LogP contribution in [0.25, 0.3) is 0 Å². The number of halogens is 1. The fourth-order valence-corrected chi connectivity index (χ4v) is 4.96. The number of ketones is 1. The fraction of sp³-hybridized carbons (Fsp3) is 0.379. The van der Waals surface area contributed by atoms with Crippen molar-refractivity contribution in [2.75, 3.05) is 20.8 Å². The van der Waals surface area contributed by atoms with Crippen molar-refractivity contribution in [1.82, 2.24) is 5.32 Å². The Labute approximate surface area is 211 Å². The Balaban J connectivity index is 1.74. The Morgan fingerprint density at radius 1 is 1.03 bits per heavy atom. The minimum absolute atomic E-state index is 0.0560. The van der Waals surface area contributed by atoms with Crippen molar-refractivity contribution in [3.05, 3.63) is 81.9 Å². The number of esters is 1. The lowest BCUT2D eigenvalue weighted by molar-refractivity contribution is -0.140. The van der Waals surface area contributed by atoms with E-state index < -0.39 is 11.9 Å². The van der Waals surface area contributed by atoms with E-state index in [1.165, 1.54) is 12.1 Å². The minimum atomic E-state index is -0.625. The van der Waals surface area contributed by atoms with Gasteiger partial charge in [-0.2, -0.15) is 0 Å². The van der Waals surface area contributed by atoms with Gasteiger partial charge < -0.3 is 19.5 Å². The minimum Gasteiger partial charge on any atom is -0.493 e. The van der Waals surface area contributed by atoms with Crippen LogP contribution in [0.2, 0.25) is 0 Å². The highest BCUT2D eigenvalue weighted by molar-refractivity contribution is 6.04. The summed E-state index contributed by atoms with van der Waals surface area (Å²) in [6.07, 6.45) is 0.862. The Morgan fingerprint density at radius 2 is 1.69 bits per heavy atom. The summed E-state index contributed by atoms with van der Waals surface area (Å²) in [6.45, 7) is 6.01. The summed E-state index contributed by atoms with van der Waals surface area (Å²) >= 11 is 0. The molecule has 0 bridgehead atoms. The van der Waals surface area contributed by atoms with Gasteiger partial charge in [0, 0.05) is 29.3 Å². The lowest BCUT2D eigenvalue weighted by atomic mass is 9.71. The molecule has 6 nitrogen and oxygen atoms in total. The van der Waals surface area contributed by atoms with E-state index in [2.05, 4.69) is 5.32 Å². The second-order valence-electron chi connectivity index (χ2n) is 9.68. The number of allylic oxidation sites excluding steroid dienone is 3. The molecular formula is C29H32FNO5. The average Bonchev–Trinajstić information content (AvgIpc) is 2.86. The third-order valence-corrected chi connectivity index (χ3v) is 6.68. The molecule has 0 amide bonds. The Kier molecular flexibility index (Phi) is 7.48. The van der Waals surface area contributed by atoms with Crippen LogP contribution in [0.4, 0.5) is 4.39 Å². The summed E-state index contributed by atoms with van der Waals surface area (Å²) in [5.41, 5.74) is 3.99. The van der Waals surface area contributed by atoms with Gasteiger partial charge in [0.2, 0.25) is 0 Å². The number of Topliss-reactive ketones (excluding diaryl/α,β-unsaturated/α-hetero) is 1. The summed E-state index contributed by atoms with van der Waals surface area (Å²) in [6, 6.07) is 11.7. The van der Waals surface area contributed by atoms with Crippen molar-refractivity contribution in [2.24, 2.45) is 5.92 Å². The molecule has 0 aromatic heterocycles. The molecule has 7 heteroatoms. The number of nitrogens with one attached hydrogen (secondary N) is 1. The van der Waals surface area contributed by atoms with E-state index in [0.717, 1.165) is 11.3 Å². The summed E-state index contributed by atoms with van der Waals surface area (Å²) in [7, 11) is 3.16. The van der Waals surface area contributed by atoms with Crippen LogP contribution in [0.15, 0.2) is 65.0 Å². The molecule has 190 valence electrons. The van der Waals surface area contributed by atoms with Crippen LogP contribution in [0.3, 0.4) is 0 Å². The summed E-state index contributed by atoms with van der Waals surface area (Å²) in [5.74, 6) is -0.198. The van der Waals surface area contributed by atoms with Crippen LogP contribution in [-0.2, 0) is 14.3 Å². The number of benzene rings is 2. The quantitative estimate of drug-likeness (QED) is 0.521. The Morgan fingerprint density at radius 3 is 2.33 bits per heavy atom. The lowest BCUT2D eigenvalue weighted by Gasteiger charge is -2.36. The molecule has 0 radical (unpaired) electrons. The molecule has 2 unspecified atom stereocenters. The van der Waals surface area contributed by atoms with E-state index in [-0.39, 0.29) is 36.5 Å². The molecule has 0 fully saturated rings. The van der Waals surface area contributed by atoms with Crippen LogP contribution >= 0.6 is 0 Å². The molecule has 0 spiro atoms. The largest absolute Gasteiger partial charge is 0.493 e. The molecule has 36 heavy (non-hydrogen) atoms. The van der Waals surface area contributed by atoms with E-state index in [1.807, 2.05) is 39.0 Å². The van der Waals surface area contributed by atoms with Gasteiger partial charge in [-0.25, -0.2) is 9.18 Å². The second-order valence-corrected chi connectivity index (χ2v) is 9.68. The number of carbonyl (C=O) groups excluding carboxylic acids is 2. The van der Waals surface area contributed by atoms with Gasteiger partial charge in [0.15, 0.2) is 17.3 Å². The van der Waals surface area contributed by atoms with Crippen molar-refractivity contribution >= 4 is 11.8 Å². The molecule has 1 aliphatic carbocycles. The van der Waals surface area contributed by atoms with Crippen LogP contribution in [-0.4, -0.2) is 32.6 Å². The van der Waals surface area contributed by atoms with Crippen molar-refractivity contribution < 1.29 is 28.2 Å². The van der Waals surface area contributed by atoms with E-state index in [1.54, 1.807) is 26.4 Å². The first-order valence-electron chi connectivity index (χ1n) is 12.1. The molecule has 0 saturated carbocycles. The molecule has 2 aromatic carbocycles. The smallest absolute Gasteiger partial charge is 0.336 e. The van der Waals surface area contributed by atoms with Crippen LogP contribution in [0, 0.1) is 11.7 Å². The van der Waals surface area contributed by atoms with Crippen molar-refractivity contribution in [3.8, 4) is 11.5 Å². The zero-order chi connectivity index (χ0) is 26.0. The predicted octanol–water partition coefficient (Wildman–Crippen LogP) is 5.40. The van der Waals surface area contributed by atoms with Crippen molar-refractivity contribution in [2.45, 2.75) is 45.4 Å². The maximum Gasteiger partial charge on any atom is 0.336 e. The SMILES string of the molecule is COc1ccc(C2CC(=O)C3=C(C2)NC(C)=C(C(=O)OCC(C)C)C3c2ccc(F)cc2)cc1OC. The summed E-state index contributed by atoms with van der Waals surface area (Å²) in [5, 5.41) is 3.34. The molecule has 0 saturated heterocycles. The number of methoxy groups -OCH3 is 2. The van der Waals surface area contributed by atoms with Gasteiger partial charge in [-0.15, -0.1) is 0 Å². The summed E-state index contributed by atoms with van der Waals surface area (Å²) in [4.78, 5) is 26.9. The standard InChI is InChI=1S/C29H32FNO5/c1-16(2)15-36-29(33)26-17(3)31-22-12-20(19-8-11-24(34-4)25(14-19)35-5)13-23(32)28(22)27(26)18-6-9-21(30)10-7-18/h6-11,14,16,20,27,31H,12-13,15H2,1-5H3. The van der Waals surface area contributed by atoms with Gasteiger partial charge in [0.1, 0.15) is 5.82 Å². The van der Waals surface area contributed by atoms with E-state index >= 15 is 0 Å². The number of rotatable bonds is 7. The van der Waals surface area contributed by atoms with Crippen LogP contribution in [0.1, 0.15) is 56.6 Å². The molecule has 4 rings (SSSR count). The van der Waals surface area contributed by atoms with Gasteiger partial charge in [0.25, 0.3) is 0 Å². The zero-order valence-electron chi connectivity index (χ0n) is 21.3. The van der Waals surface area contributed by atoms with Crippen LogP contribution < -0.4 is 14.8 Å². The lowest BCUT2D eigenvalue weighted by Crippen LogP contribution is -2.36. The van der Waals surface area contributed by atoms with Crippen molar-refractivity contribution in [1.29, 1.82) is 0 Å². The first kappa shape index (κ1) is 25.5. The Bertz CT molecular complexity index is 1230. The van der Waals surface area contributed by atoms with E-state index in [0.29, 0.717) is 40.3 Å². The number of carbonyl (C=O) groups is 2. The topological polar surface area (TPSA) is 73.9 Å². The normalized spacial score (nSPS) is 19.7. The van der Waals surface area contributed by atoms with E-state index in [9.17, 15) is 14.0 Å². The third-order valence-electron chi connectivity index (χ3n) is 6.68. The van der Waals surface area contributed by atoms with Crippen molar-refractivity contribution in [3.63, 3.8) is 0 Å². The Hall–Kier alpha value is -3.61. The van der Waals surface area contributed by atoms with Crippen LogP contribution in [0.5, 0.6) is 11.5 Å². The molecule has 1 heterocycles. The molecular weight excluding hydrogens is 461 g/mol. The van der Waals surface area contributed by atoms with Gasteiger partial charge in [-0.3, -0.25) is 4.79 Å². The van der Waals surface area contributed by atoms with Gasteiger partial charge >= 0.3 is 5.97 Å². The molecule has 2 aromatic rings. The molecule has 2 aliphatic rings. The number of hydrogen-bond donors (Lipinski definition) is 1. The molecule has 1 N–H and O–H groups in total. The number of dihydropyridines is 1. The maximum atomic E-state index is 13.7. The average molecular weight is 494 g/mol. The molecule has 2 atom stereocenters. The highest BCUT2D eigenvalue weighted by Crippen LogP contribution is 2.46. The number of hydrogen-bond acceptors (Lipinski definition) is 6. The first-order chi connectivity index (χ1) is 17.2. The fourth-order valence-electron chi connectivity index (χ4n) is 4.96. The van der Waals surface area contributed by atoms with E-state index in [4.69, 9.17) is 14.2 Å². The highest BCUT2D eigenvalue weighted by Gasteiger charge is 2.41. The second kappa shape index (κ2) is 10.6. The molecule has 1 aliphatic heterocycles.